The standard InChI is InChI=1S/C17H27N3O2/c1-15(16-8-7-12-19-14-16)20-13-6-5-11-18-10-4-2-3-9-17(21)22/h5,7-8,10-12,14-15,17,20-22H,2-4,6,9,13H2,1H3/b11-5+,18-10+/t15-/m1/s1. The van der Waals surface area contributed by atoms with Crippen LogP contribution in [0.1, 0.15) is 50.6 Å². The number of aliphatic hydroxyl groups is 2. The van der Waals surface area contributed by atoms with Gasteiger partial charge in [-0.15, -0.1) is 0 Å². The van der Waals surface area contributed by atoms with Crippen molar-refractivity contribution in [2.24, 2.45) is 4.99 Å². The summed E-state index contributed by atoms with van der Waals surface area (Å²) in [6.07, 6.45) is 12.2. The minimum absolute atomic E-state index is 0.299. The first-order chi connectivity index (χ1) is 10.7. The van der Waals surface area contributed by atoms with E-state index in [-0.39, 0.29) is 0 Å². The predicted octanol–water partition coefficient (Wildman–Crippen LogP) is 2.58. The third-order valence-electron chi connectivity index (χ3n) is 3.29. The summed E-state index contributed by atoms with van der Waals surface area (Å²) in [4.78, 5) is 8.31. The van der Waals surface area contributed by atoms with Crippen molar-refractivity contribution >= 4 is 6.21 Å². The van der Waals surface area contributed by atoms with E-state index in [4.69, 9.17) is 10.2 Å². The summed E-state index contributed by atoms with van der Waals surface area (Å²) in [5.41, 5.74) is 1.19. The lowest BCUT2D eigenvalue weighted by Crippen LogP contribution is -2.19. The maximum Gasteiger partial charge on any atom is 0.151 e. The van der Waals surface area contributed by atoms with Crippen molar-refractivity contribution in [3.63, 3.8) is 0 Å². The molecule has 22 heavy (non-hydrogen) atoms. The fraction of sp³-hybridized carbons (Fsp3) is 0.529. The number of hydrogen-bond acceptors (Lipinski definition) is 5. The molecule has 5 nitrogen and oxygen atoms in total. The first kappa shape index (κ1) is 18.5. The second-order valence-electron chi connectivity index (χ2n) is 5.23. The second kappa shape index (κ2) is 12.0. The molecule has 0 aromatic carbocycles. The number of pyridine rings is 1. The molecule has 0 radical (unpaired) electrons. The van der Waals surface area contributed by atoms with E-state index in [9.17, 15) is 0 Å². The van der Waals surface area contributed by atoms with Crippen LogP contribution in [0.3, 0.4) is 0 Å². The van der Waals surface area contributed by atoms with Crippen LogP contribution < -0.4 is 5.32 Å². The molecule has 1 atom stereocenters. The maximum absolute atomic E-state index is 8.69. The zero-order valence-electron chi connectivity index (χ0n) is 13.2. The molecular weight excluding hydrogens is 278 g/mol. The van der Waals surface area contributed by atoms with Crippen LogP contribution in [-0.4, -0.2) is 34.2 Å². The Labute approximate surface area is 132 Å². The number of hydrogen-bond donors (Lipinski definition) is 3. The molecular formula is C17H27N3O2. The van der Waals surface area contributed by atoms with Gasteiger partial charge < -0.3 is 15.5 Å². The van der Waals surface area contributed by atoms with Crippen LogP contribution >= 0.6 is 0 Å². The Hall–Kier alpha value is -1.56. The van der Waals surface area contributed by atoms with Gasteiger partial charge in [-0.2, -0.15) is 0 Å². The van der Waals surface area contributed by atoms with E-state index < -0.39 is 6.29 Å². The molecule has 0 fully saturated rings. The van der Waals surface area contributed by atoms with Crippen molar-refractivity contribution in [2.75, 3.05) is 6.54 Å². The number of aliphatic hydroxyl groups excluding tert-OH is 1. The van der Waals surface area contributed by atoms with Gasteiger partial charge in [0.1, 0.15) is 0 Å². The quantitative estimate of drug-likeness (QED) is 0.333. The normalized spacial score (nSPS) is 13.5. The van der Waals surface area contributed by atoms with Gasteiger partial charge in [-0.25, -0.2) is 0 Å². The minimum atomic E-state index is -1.18. The predicted molar refractivity (Wildman–Crippen MR) is 89.6 cm³/mol. The van der Waals surface area contributed by atoms with Gasteiger partial charge in [0.2, 0.25) is 0 Å². The highest BCUT2D eigenvalue weighted by Gasteiger charge is 2.02. The molecule has 0 aliphatic rings. The van der Waals surface area contributed by atoms with Gasteiger partial charge in [-0.3, -0.25) is 9.98 Å². The molecule has 0 saturated heterocycles. The largest absolute Gasteiger partial charge is 0.368 e. The van der Waals surface area contributed by atoms with Crippen molar-refractivity contribution in [3.05, 3.63) is 42.4 Å². The summed E-state index contributed by atoms with van der Waals surface area (Å²) in [5, 5.41) is 20.8. The average Bonchev–Trinajstić information content (AvgIpc) is 2.53. The van der Waals surface area contributed by atoms with E-state index in [0.717, 1.165) is 32.2 Å². The number of aromatic nitrogens is 1. The van der Waals surface area contributed by atoms with E-state index in [1.807, 2.05) is 30.8 Å². The van der Waals surface area contributed by atoms with E-state index in [1.54, 1.807) is 6.20 Å². The third-order valence-corrected chi connectivity index (χ3v) is 3.29. The number of nitrogens with one attached hydrogen (secondary N) is 1. The van der Waals surface area contributed by atoms with Crippen LogP contribution in [0.4, 0.5) is 0 Å². The number of nitrogens with zero attached hydrogens (tertiary/aromatic N) is 2. The first-order valence-electron chi connectivity index (χ1n) is 7.86. The van der Waals surface area contributed by atoms with Gasteiger partial charge >= 0.3 is 0 Å². The highest BCUT2D eigenvalue weighted by atomic mass is 16.5. The topological polar surface area (TPSA) is 77.7 Å². The van der Waals surface area contributed by atoms with Crippen molar-refractivity contribution in [3.8, 4) is 0 Å². The molecule has 0 bridgehead atoms. The van der Waals surface area contributed by atoms with Crippen LogP contribution in [0.2, 0.25) is 0 Å². The lowest BCUT2D eigenvalue weighted by molar-refractivity contribution is -0.0464. The summed E-state index contributed by atoms with van der Waals surface area (Å²) in [7, 11) is 0. The van der Waals surface area contributed by atoms with Crippen LogP contribution in [-0.2, 0) is 0 Å². The van der Waals surface area contributed by atoms with E-state index in [2.05, 4.69) is 28.3 Å². The van der Waals surface area contributed by atoms with Crippen molar-refractivity contribution < 1.29 is 10.2 Å². The maximum atomic E-state index is 8.69. The second-order valence-corrected chi connectivity index (χ2v) is 5.23. The van der Waals surface area contributed by atoms with E-state index >= 15 is 0 Å². The van der Waals surface area contributed by atoms with Crippen LogP contribution in [0.5, 0.6) is 0 Å². The zero-order chi connectivity index (χ0) is 16.0. The summed E-state index contributed by atoms with van der Waals surface area (Å²) < 4.78 is 0. The summed E-state index contributed by atoms with van der Waals surface area (Å²) in [6.45, 7) is 3.03. The Morgan fingerprint density at radius 1 is 1.32 bits per heavy atom. The van der Waals surface area contributed by atoms with Crippen molar-refractivity contribution in [1.82, 2.24) is 10.3 Å². The molecule has 0 aliphatic carbocycles. The van der Waals surface area contributed by atoms with Crippen molar-refractivity contribution in [2.45, 2.75) is 51.4 Å². The molecule has 0 saturated carbocycles. The molecule has 3 N–H and O–H groups in total. The van der Waals surface area contributed by atoms with Gasteiger partial charge in [0.15, 0.2) is 6.29 Å². The molecule has 1 heterocycles. The van der Waals surface area contributed by atoms with Crippen molar-refractivity contribution in [1.29, 1.82) is 0 Å². The molecule has 122 valence electrons. The first-order valence-corrected chi connectivity index (χ1v) is 7.86. The van der Waals surface area contributed by atoms with Gasteiger partial charge in [0, 0.05) is 30.9 Å². The molecule has 5 heteroatoms. The van der Waals surface area contributed by atoms with Gasteiger partial charge in [0.05, 0.1) is 0 Å². The highest BCUT2D eigenvalue weighted by molar-refractivity contribution is 5.57. The lowest BCUT2D eigenvalue weighted by Gasteiger charge is -2.12. The average molecular weight is 305 g/mol. The Morgan fingerprint density at radius 2 is 2.18 bits per heavy atom. The summed E-state index contributed by atoms with van der Waals surface area (Å²) >= 11 is 0. The number of unbranched alkanes of at least 4 members (excludes halogenated alkanes) is 2. The number of aliphatic imine (C=N–C) groups is 1. The minimum Gasteiger partial charge on any atom is -0.368 e. The van der Waals surface area contributed by atoms with Gasteiger partial charge in [-0.05, 0) is 57.2 Å². The summed E-state index contributed by atoms with van der Waals surface area (Å²) in [6, 6.07) is 4.32. The molecule has 0 aliphatic heterocycles. The monoisotopic (exact) mass is 305 g/mol. The molecule has 0 unspecified atom stereocenters. The zero-order valence-corrected chi connectivity index (χ0v) is 13.2. The van der Waals surface area contributed by atoms with Crippen LogP contribution in [0.15, 0.2) is 41.8 Å². The molecule has 0 amide bonds. The van der Waals surface area contributed by atoms with E-state index in [1.165, 1.54) is 5.56 Å². The van der Waals surface area contributed by atoms with E-state index in [0.29, 0.717) is 12.5 Å². The fourth-order valence-electron chi connectivity index (χ4n) is 1.97. The van der Waals surface area contributed by atoms with Crippen LogP contribution in [0.25, 0.3) is 0 Å². The molecule has 1 rings (SSSR count). The Balaban J connectivity index is 2.02. The smallest absolute Gasteiger partial charge is 0.151 e. The SMILES string of the molecule is C[C@@H](NCC/C=C/N=C/CCCCC(O)O)c1cccnc1. The Bertz CT molecular complexity index is 433. The fourth-order valence-corrected chi connectivity index (χ4v) is 1.97. The third kappa shape index (κ3) is 9.39. The molecule has 1 aromatic rings. The Morgan fingerprint density at radius 3 is 2.91 bits per heavy atom. The van der Waals surface area contributed by atoms with Crippen LogP contribution in [0, 0.1) is 0 Å². The molecule has 1 aromatic heterocycles. The Kier molecular flexibility index (Phi) is 10.1. The number of rotatable bonds is 11. The molecule has 0 spiro atoms. The van der Waals surface area contributed by atoms with Gasteiger partial charge in [0.25, 0.3) is 0 Å². The summed E-state index contributed by atoms with van der Waals surface area (Å²) in [5.74, 6) is 0. The highest BCUT2D eigenvalue weighted by Crippen LogP contribution is 2.09. The lowest BCUT2D eigenvalue weighted by atomic mass is 10.1. The van der Waals surface area contributed by atoms with Gasteiger partial charge in [-0.1, -0.05) is 12.1 Å².